The molecule has 0 spiro atoms. The molecular formula is C34H37N9O5S2. The van der Waals surface area contributed by atoms with Crippen LogP contribution in [0.15, 0.2) is 48.7 Å². The van der Waals surface area contributed by atoms with Gasteiger partial charge in [-0.25, -0.2) is 19.6 Å². The highest BCUT2D eigenvalue weighted by Crippen LogP contribution is 2.42. The molecule has 0 saturated carbocycles. The molecule has 14 nitrogen and oxygen atoms in total. The minimum absolute atomic E-state index is 0.122. The van der Waals surface area contributed by atoms with Gasteiger partial charge in [0.1, 0.15) is 30.3 Å². The number of thiophene rings is 2. The number of nitrogens with zero attached hydrogens (tertiary/aromatic N) is 4. The number of amides is 5. The smallest absolute Gasteiger partial charge is 0.407 e. The first-order chi connectivity index (χ1) is 24.1. The predicted octanol–water partition coefficient (Wildman–Crippen LogP) is 5.05. The minimum Gasteiger partial charge on any atom is -0.453 e. The molecule has 0 bridgehead atoms. The monoisotopic (exact) mass is 715 g/mol. The lowest BCUT2D eigenvalue weighted by Gasteiger charge is -2.29. The second-order valence-corrected chi connectivity index (χ2v) is 14.8. The molecule has 50 heavy (non-hydrogen) atoms. The van der Waals surface area contributed by atoms with Gasteiger partial charge in [-0.15, -0.1) is 22.7 Å². The van der Waals surface area contributed by atoms with Crippen molar-refractivity contribution in [3.8, 4) is 21.0 Å². The largest absolute Gasteiger partial charge is 0.453 e. The number of hydrogen-bond acceptors (Lipinski definition) is 9. The van der Waals surface area contributed by atoms with E-state index >= 15 is 0 Å². The van der Waals surface area contributed by atoms with Crippen molar-refractivity contribution in [2.75, 3.05) is 26.7 Å². The SMILES string of the molecule is COC(=O)NCC(=O)N1CCCC1c1ncc(-c2cc3sc(-c4ccc5nc(C6C=CCN6C(=O)C(NC(N)=O)C(C)C)[nH]c5c4)cc3s2)[nH]1. The molecule has 6 N–H and O–H groups in total. The van der Waals surface area contributed by atoms with E-state index in [9.17, 15) is 19.2 Å². The number of urea groups is 1. The first kappa shape index (κ1) is 33.3. The zero-order valence-electron chi connectivity index (χ0n) is 27.7. The summed E-state index contributed by atoms with van der Waals surface area (Å²) in [6.07, 6.45) is 6.70. The number of fused-ring (bicyclic) bond motifs is 2. The lowest BCUT2D eigenvalue weighted by atomic mass is 10.0. The van der Waals surface area contributed by atoms with Gasteiger partial charge in [0.05, 0.1) is 41.0 Å². The van der Waals surface area contributed by atoms with Crippen LogP contribution < -0.4 is 16.4 Å². The van der Waals surface area contributed by atoms with Crippen LogP contribution in [0.3, 0.4) is 0 Å². The van der Waals surface area contributed by atoms with Crippen LogP contribution in [-0.2, 0) is 14.3 Å². The third kappa shape index (κ3) is 6.43. The Labute approximate surface area is 295 Å². The van der Waals surface area contributed by atoms with Gasteiger partial charge in [-0.1, -0.05) is 32.1 Å². The van der Waals surface area contributed by atoms with Gasteiger partial charge < -0.3 is 40.9 Å². The number of hydrogen-bond donors (Lipinski definition) is 5. The minimum atomic E-state index is -0.731. The molecule has 1 fully saturated rings. The number of alkyl carbamates (subject to hydrolysis) is 1. The number of methoxy groups -OCH3 is 1. The number of ether oxygens (including phenoxy) is 1. The molecule has 0 radical (unpaired) electrons. The van der Waals surface area contributed by atoms with Crippen LogP contribution in [-0.4, -0.2) is 86.5 Å². The molecule has 260 valence electrons. The van der Waals surface area contributed by atoms with Crippen molar-refractivity contribution in [2.45, 2.75) is 44.8 Å². The molecule has 5 amide bonds. The van der Waals surface area contributed by atoms with Gasteiger partial charge in [0.15, 0.2) is 0 Å². The molecule has 3 unspecified atom stereocenters. The lowest BCUT2D eigenvalue weighted by Crippen LogP contribution is -2.52. The summed E-state index contributed by atoms with van der Waals surface area (Å²) >= 11 is 3.38. The highest BCUT2D eigenvalue weighted by atomic mass is 32.1. The van der Waals surface area contributed by atoms with E-state index in [1.54, 1.807) is 32.5 Å². The average molecular weight is 716 g/mol. The van der Waals surface area contributed by atoms with Gasteiger partial charge in [-0.05, 0) is 48.6 Å². The topological polar surface area (TPSA) is 191 Å². The second-order valence-electron chi connectivity index (χ2n) is 12.7. The molecule has 6 heterocycles. The quantitative estimate of drug-likeness (QED) is 0.132. The molecule has 16 heteroatoms. The average Bonchev–Trinajstić information content (AvgIpc) is 3.93. The number of imidazole rings is 2. The zero-order valence-corrected chi connectivity index (χ0v) is 29.3. The highest BCUT2D eigenvalue weighted by molar-refractivity contribution is 7.31. The number of carbonyl (C=O) groups excluding carboxylic acids is 4. The van der Waals surface area contributed by atoms with Crippen molar-refractivity contribution in [3.63, 3.8) is 0 Å². The predicted molar refractivity (Wildman–Crippen MR) is 191 cm³/mol. The third-order valence-corrected chi connectivity index (χ3v) is 11.4. The van der Waals surface area contributed by atoms with Crippen LogP contribution in [0.5, 0.6) is 0 Å². The maximum Gasteiger partial charge on any atom is 0.407 e. The molecule has 2 aliphatic rings. The normalized spacial score (nSPS) is 18.0. The Morgan fingerprint density at radius 1 is 1.06 bits per heavy atom. The number of aromatic nitrogens is 4. The summed E-state index contributed by atoms with van der Waals surface area (Å²) in [4.78, 5) is 71.1. The van der Waals surface area contributed by atoms with Gasteiger partial charge in [0.25, 0.3) is 0 Å². The fourth-order valence-electron chi connectivity index (χ4n) is 6.57. The number of nitrogens with one attached hydrogen (secondary N) is 4. The van der Waals surface area contributed by atoms with Gasteiger partial charge in [-0.3, -0.25) is 9.59 Å². The van der Waals surface area contributed by atoms with Crippen LogP contribution in [0.4, 0.5) is 9.59 Å². The highest BCUT2D eigenvalue weighted by Gasteiger charge is 2.35. The van der Waals surface area contributed by atoms with Crippen LogP contribution in [0.25, 0.3) is 41.4 Å². The number of rotatable bonds is 9. The lowest BCUT2D eigenvalue weighted by molar-refractivity contribution is -0.135. The first-order valence-corrected chi connectivity index (χ1v) is 18.0. The Morgan fingerprint density at radius 3 is 2.60 bits per heavy atom. The Kier molecular flexibility index (Phi) is 9.05. The summed E-state index contributed by atoms with van der Waals surface area (Å²) in [5.41, 5.74) is 8.96. The van der Waals surface area contributed by atoms with E-state index in [1.165, 1.54) is 7.11 Å². The summed E-state index contributed by atoms with van der Waals surface area (Å²) in [6.45, 7) is 4.64. The fourth-order valence-corrected chi connectivity index (χ4v) is 8.93. The molecule has 4 aromatic heterocycles. The van der Waals surface area contributed by atoms with Crippen LogP contribution in [0, 0.1) is 5.92 Å². The van der Waals surface area contributed by atoms with E-state index in [1.807, 2.05) is 38.3 Å². The van der Waals surface area contributed by atoms with Crippen LogP contribution >= 0.6 is 22.7 Å². The van der Waals surface area contributed by atoms with Crippen molar-refractivity contribution in [3.05, 3.63) is 60.3 Å². The second kappa shape index (κ2) is 13.6. The number of primary amides is 1. The van der Waals surface area contributed by atoms with Gasteiger partial charge in [0.2, 0.25) is 11.8 Å². The van der Waals surface area contributed by atoms with Gasteiger partial charge >= 0.3 is 12.1 Å². The Hall–Kier alpha value is -5.22. The van der Waals surface area contributed by atoms with Crippen LogP contribution in [0.1, 0.15) is 50.4 Å². The van der Waals surface area contributed by atoms with E-state index in [0.717, 1.165) is 60.1 Å². The van der Waals surface area contributed by atoms with Gasteiger partial charge in [0, 0.05) is 27.4 Å². The first-order valence-electron chi connectivity index (χ1n) is 16.3. The molecular weight excluding hydrogens is 679 g/mol. The summed E-state index contributed by atoms with van der Waals surface area (Å²) in [7, 11) is 1.26. The summed E-state index contributed by atoms with van der Waals surface area (Å²) < 4.78 is 6.89. The summed E-state index contributed by atoms with van der Waals surface area (Å²) in [5.74, 6) is 0.870. The Bertz CT molecular complexity index is 2100. The van der Waals surface area contributed by atoms with E-state index in [0.29, 0.717) is 18.9 Å². The number of carbonyl (C=O) groups is 4. The molecule has 5 aromatic rings. The number of benzene rings is 1. The maximum absolute atomic E-state index is 13.4. The number of likely N-dealkylation sites (tertiary alicyclic amines) is 1. The Morgan fingerprint density at radius 2 is 1.84 bits per heavy atom. The maximum atomic E-state index is 13.4. The van der Waals surface area contributed by atoms with Gasteiger partial charge in [-0.2, -0.15) is 0 Å². The van der Waals surface area contributed by atoms with E-state index < -0.39 is 18.2 Å². The van der Waals surface area contributed by atoms with Crippen molar-refractivity contribution >= 4 is 67.0 Å². The fraction of sp³-hybridized carbons (Fsp3) is 0.353. The molecule has 1 saturated heterocycles. The molecule has 1 aromatic carbocycles. The van der Waals surface area contributed by atoms with E-state index in [2.05, 4.69) is 54.6 Å². The van der Waals surface area contributed by atoms with Crippen molar-refractivity contribution in [2.24, 2.45) is 11.7 Å². The van der Waals surface area contributed by atoms with Crippen molar-refractivity contribution < 1.29 is 23.9 Å². The Balaban J connectivity index is 1.06. The standard InChI is InChI=1S/C34H37N9O5S2/c1-17(2)29(41-33(35)46)32(45)43-11-5-7-23(43)31-38-19-9-8-18(12-20(19)39-31)24-13-26-27(49-24)14-25(50-26)21-15-36-30(40-21)22-6-4-10-42(22)28(44)16-37-34(47)48-3/h5,7-9,12-15,17,22-23,29H,4,6,10-11,16H2,1-3H3,(H,36,40)(H,37,47)(H,38,39)(H3,35,41,46). The summed E-state index contributed by atoms with van der Waals surface area (Å²) in [5, 5.41) is 5.05. The number of H-pyrrole nitrogens is 2. The van der Waals surface area contributed by atoms with E-state index in [-0.39, 0.29) is 36.4 Å². The van der Waals surface area contributed by atoms with Crippen molar-refractivity contribution in [1.82, 2.24) is 40.4 Å². The van der Waals surface area contributed by atoms with Crippen LogP contribution in [0.2, 0.25) is 0 Å². The molecule has 7 rings (SSSR count). The van der Waals surface area contributed by atoms with E-state index in [4.69, 9.17) is 10.7 Å². The van der Waals surface area contributed by atoms with Crippen molar-refractivity contribution in [1.29, 1.82) is 0 Å². The zero-order chi connectivity index (χ0) is 35.1. The number of aromatic amines is 2. The molecule has 2 aliphatic heterocycles. The summed E-state index contributed by atoms with van der Waals surface area (Å²) in [6, 6.07) is 8.44. The molecule has 0 aliphatic carbocycles. The molecule has 3 atom stereocenters. The third-order valence-electron chi connectivity index (χ3n) is 9.06. The number of nitrogens with two attached hydrogens (primary N) is 1.